The summed E-state index contributed by atoms with van der Waals surface area (Å²) in [6.07, 6.45) is 3.97. The molecule has 0 aromatic carbocycles. The van der Waals surface area contributed by atoms with Crippen LogP contribution in [0.5, 0.6) is 0 Å². The Balaban J connectivity index is 2.58. The van der Waals surface area contributed by atoms with Gasteiger partial charge in [0.2, 0.25) is 0 Å². The molecule has 0 unspecified atom stereocenters. The molecule has 18 heavy (non-hydrogen) atoms. The molecule has 0 fully saturated rings. The van der Waals surface area contributed by atoms with E-state index < -0.39 is 0 Å². The van der Waals surface area contributed by atoms with E-state index in [4.69, 9.17) is 5.73 Å². The molecule has 0 atom stereocenters. The van der Waals surface area contributed by atoms with Gasteiger partial charge in [-0.2, -0.15) is 0 Å². The summed E-state index contributed by atoms with van der Waals surface area (Å²) >= 11 is 0. The van der Waals surface area contributed by atoms with E-state index in [-0.39, 0.29) is 5.41 Å². The largest absolute Gasteiger partial charge is 0.330 e. The average Bonchev–Trinajstić information content (AvgIpc) is 2.64. The van der Waals surface area contributed by atoms with Gasteiger partial charge in [0.15, 0.2) is 0 Å². The van der Waals surface area contributed by atoms with Crippen molar-refractivity contribution in [3.63, 3.8) is 0 Å². The van der Waals surface area contributed by atoms with Crippen LogP contribution in [0.2, 0.25) is 0 Å². The Morgan fingerprint density at radius 2 is 2.11 bits per heavy atom. The quantitative estimate of drug-likeness (QED) is 0.800. The van der Waals surface area contributed by atoms with Gasteiger partial charge in [0.1, 0.15) is 0 Å². The van der Waals surface area contributed by atoms with Crippen LogP contribution in [0.4, 0.5) is 0 Å². The number of nitrogens with two attached hydrogens (primary N) is 1. The predicted octanol–water partition coefficient (Wildman–Crippen LogP) is 1.49. The zero-order valence-corrected chi connectivity index (χ0v) is 12.3. The monoisotopic (exact) mass is 253 g/mol. The Bertz CT molecular complexity index is 356. The normalized spacial score (nSPS) is 12.7. The summed E-state index contributed by atoms with van der Waals surface area (Å²) in [7, 11) is 2.09. The second-order valence-corrected chi connectivity index (χ2v) is 6.12. The molecular formula is C13H27N5. The van der Waals surface area contributed by atoms with Crippen LogP contribution in [0.25, 0.3) is 0 Å². The smallest absolute Gasteiger partial charge is 0.0946 e. The zero-order chi connectivity index (χ0) is 13.8. The first kappa shape index (κ1) is 15.1. The van der Waals surface area contributed by atoms with E-state index in [1.165, 1.54) is 0 Å². The Kier molecular flexibility index (Phi) is 5.28. The molecule has 0 bridgehead atoms. The van der Waals surface area contributed by atoms with E-state index in [9.17, 15) is 0 Å². The maximum absolute atomic E-state index is 5.62. The molecule has 0 saturated carbocycles. The predicted molar refractivity (Wildman–Crippen MR) is 74.1 cm³/mol. The molecule has 104 valence electrons. The lowest BCUT2D eigenvalue weighted by molar-refractivity contribution is 0.205. The zero-order valence-electron chi connectivity index (χ0n) is 12.3. The molecule has 1 aromatic rings. The number of rotatable bonds is 7. The maximum atomic E-state index is 5.62. The van der Waals surface area contributed by atoms with Crippen LogP contribution in [-0.2, 0) is 13.1 Å². The van der Waals surface area contributed by atoms with Crippen LogP contribution < -0.4 is 5.73 Å². The van der Waals surface area contributed by atoms with Crippen molar-refractivity contribution in [2.45, 2.75) is 53.2 Å². The van der Waals surface area contributed by atoms with E-state index in [1.807, 2.05) is 10.9 Å². The van der Waals surface area contributed by atoms with Crippen LogP contribution in [0.1, 0.15) is 39.8 Å². The fourth-order valence-corrected chi connectivity index (χ4v) is 1.85. The van der Waals surface area contributed by atoms with Crippen molar-refractivity contribution in [1.29, 1.82) is 0 Å². The van der Waals surface area contributed by atoms with Crippen LogP contribution in [0, 0.1) is 5.41 Å². The molecule has 2 N–H and O–H groups in total. The first-order valence-corrected chi connectivity index (χ1v) is 6.63. The summed E-state index contributed by atoms with van der Waals surface area (Å²) in [6.45, 7) is 10.3. The molecule has 0 saturated heterocycles. The van der Waals surface area contributed by atoms with E-state index >= 15 is 0 Å². The van der Waals surface area contributed by atoms with Crippen molar-refractivity contribution < 1.29 is 0 Å². The number of hydrogen-bond donors (Lipinski definition) is 1. The molecule has 5 nitrogen and oxygen atoms in total. The molecule has 5 heteroatoms. The summed E-state index contributed by atoms with van der Waals surface area (Å²) in [6, 6.07) is 0.506. The average molecular weight is 253 g/mol. The van der Waals surface area contributed by atoms with Gasteiger partial charge in [-0.1, -0.05) is 19.1 Å². The third kappa shape index (κ3) is 4.74. The molecule has 0 radical (unpaired) electrons. The summed E-state index contributed by atoms with van der Waals surface area (Å²) in [5, 5.41) is 8.42. The number of hydrogen-bond acceptors (Lipinski definition) is 4. The SMILES string of the molecule is CC(C)N(C)Cn1cc(CC(C)(C)CCN)nn1. The highest BCUT2D eigenvalue weighted by molar-refractivity contribution is 4.96. The van der Waals surface area contributed by atoms with Crippen molar-refractivity contribution in [1.82, 2.24) is 19.9 Å². The molecule has 0 aliphatic rings. The summed E-state index contributed by atoms with van der Waals surface area (Å²) in [4.78, 5) is 2.23. The van der Waals surface area contributed by atoms with E-state index in [0.717, 1.165) is 31.7 Å². The lowest BCUT2D eigenvalue weighted by Crippen LogP contribution is -2.28. The van der Waals surface area contributed by atoms with Crippen molar-refractivity contribution in [3.8, 4) is 0 Å². The van der Waals surface area contributed by atoms with Gasteiger partial charge in [0.05, 0.1) is 12.4 Å². The van der Waals surface area contributed by atoms with Crippen LogP contribution >= 0.6 is 0 Å². The molecule has 1 rings (SSSR count). The standard InChI is InChI=1S/C13H27N5/c1-11(2)17(5)10-18-9-12(15-16-18)8-13(3,4)6-7-14/h9,11H,6-8,10,14H2,1-5H3. The lowest BCUT2D eigenvalue weighted by Gasteiger charge is -2.22. The minimum absolute atomic E-state index is 0.194. The van der Waals surface area contributed by atoms with Gasteiger partial charge in [0, 0.05) is 12.2 Å². The van der Waals surface area contributed by atoms with E-state index in [0.29, 0.717) is 6.04 Å². The van der Waals surface area contributed by atoms with Gasteiger partial charge in [0.25, 0.3) is 0 Å². The van der Waals surface area contributed by atoms with E-state index in [2.05, 4.69) is 50.0 Å². The Morgan fingerprint density at radius 3 is 2.67 bits per heavy atom. The maximum Gasteiger partial charge on any atom is 0.0946 e. The minimum Gasteiger partial charge on any atom is -0.330 e. The Labute approximate surface area is 110 Å². The molecule has 0 spiro atoms. The summed E-state index contributed by atoms with van der Waals surface area (Å²) in [5.41, 5.74) is 6.87. The fraction of sp³-hybridized carbons (Fsp3) is 0.846. The van der Waals surface area contributed by atoms with Crippen LogP contribution in [-0.4, -0.2) is 39.5 Å². The Morgan fingerprint density at radius 1 is 1.44 bits per heavy atom. The van der Waals surface area contributed by atoms with Gasteiger partial charge >= 0.3 is 0 Å². The number of aromatic nitrogens is 3. The van der Waals surface area contributed by atoms with Crippen molar-refractivity contribution >= 4 is 0 Å². The van der Waals surface area contributed by atoms with Crippen molar-refractivity contribution in [2.24, 2.45) is 11.1 Å². The first-order chi connectivity index (χ1) is 8.34. The second-order valence-electron chi connectivity index (χ2n) is 6.12. The van der Waals surface area contributed by atoms with Gasteiger partial charge in [-0.3, -0.25) is 4.90 Å². The minimum atomic E-state index is 0.194. The van der Waals surface area contributed by atoms with Gasteiger partial charge in [-0.25, -0.2) is 4.68 Å². The molecule has 1 aromatic heterocycles. The first-order valence-electron chi connectivity index (χ1n) is 6.63. The van der Waals surface area contributed by atoms with Gasteiger partial charge in [-0.15, -0.1) is 5.10 Å². The van der Waals surface area contributed by atoms with Gasteiger partial charge < -0.3 is 5.73 Å². The highest BCUT2D eigenvalue weighted by Gasteiger charge is 2.19. The van der Waals surface area contributed by atoms with Crippen LogP contribution in [0.3, 0.4) is 0 Å². The lowest BCUT2D eigenvalue weighted by atomic mass is 9.85. The fourth-order valence-electron chi connectivity index (χ4n) is 1.85. The topological polar surface area (TPSA) is 60.0 Å². The molecule has 0 aliphatic carbocycles. The van der Waals surface area contributed by atoms with E-state index in [1.54, 1.807) is 0 Å². The van der Waals surface area contributed by atoms with Crippen LogP contribution in [0.15, 0.2) is 6.20 Å². The molecule has 1 heterocycles. The summed E-state index contributed by atoms with van der Waals surface area (Å²) < 4.78 is 1.90. The molecular weight excluding hydrogens is 226 g/mol. The second kappa shape index (κ2) is 6.29. The van der Waals surface area contributed by atoms with Crippen molar-refractivity contribution in [2.75, 3.05) is 13.6 Å². The third-order valence-corrected chi connectivity index (χ3v) is 3.32. The highest BCUT2D eigenvalue weighted by atomic mass is 15.5. The third-order valence-electron chi connectivity index (χ3n) is 3.32. The summed E-state index contributed by atoms with van der Waals surface area (Å²) in [5.74, 6) is 0. The van der Waals surface area contributed by atoms with Crippen molar-refractivity contribution in [3.05, 3.63) is 11.9 Å². The Hall–Kier alpha value is -0.940. The number of nitrogens with zero attached hydrogens (tertiary/aromatic N) is 4. The highest BCUT2D eigenvalue weighted by Crippen LogP contribution is 2.24. The van der Waals surface area contributed by atoms with Gasteiger partial charge in [-0.05, 0) is 45.7 Å². The molecule has 0 amide bonds. The molecule has 0 aliphatic heterocycles.